The average molecular weight is 222 g/mol. The quantitative estimate of drug-likeness (QED) is 0.800. The molecule has 78 valence electrons. The third-order valence-electron chi connectivity index (χ3n) is 2.20. The SMILES string of the molecule is CC(=O)C(C)c1nc(-c2ccsc2)no1. The highest BCUT2D eigenvalue weighted by Crippen LogP contribution is 2.21. The molecule has 15 heavy (non-hydrogen) atoms. The van der Waals surface area contributed by atoms with Crippen molar-refractivity contribution < 1.29 is 9.32 Å². The molecule has 0 aromatic carbocycles. The molecular formula is C10H10N2O2S. The highest BCUT2D eigenvalue weighted by molar-refractivity contribution is 7.08. The number of carbonyl (C=O) groups excluding carboxylic acids is 1. The number of nitrogens with zero attached hydrogens (tertiary/aromatic N) is 2. The molecule has 5 heteroatoms. The van der Waals surface area contributed by atoms with Crippen LogP contribution in [-0.2, 0) is 4.79 Å². The van der Waals surface area contributed by atoms with Crippen molar-refractivity contribution in [3.05, 3.63) is 22.7 Å². The van der Waals surface area contributed by atoms with E-state index in [1.165, 1.54) is 6.92 Å². The molecule has 1 unspecified atom stereocenters. The van der Waals surface area contributed by atoms with E-state index in [-0.39, 0.29) is 11.7 Å². The van der Waals surface area contributed by atoms with Crippen LogP contribution in [-0.4, -0.2) is 15.9 Å². The van der Waals surface area contributed by atoms with Gasteiger partial charge in [-0.25, -0.2) is 0 Å². The minimum Gasteiger partial charge on any atom is -0.338 e. The lowest BCUT2D eigenvalue weighted by atomic mass is 10.1. The maximum atomic E-state index is 11.1. The Labute approximate surface area is 90.9 Å². The average Bonchev–Trinajstić information content (AvgIpc) is 2.86. The van der Waals surface area contributed by atoms with Gasteiger partial charge in [0.05, 0.1) is 5.92 Å². The van der Waals surface area contributed by atoms with Crippen LogP contribution in [0.4, 0.5) is 0 Å². The molecule has 0 spiro atoms. The summed E-state index contributed by atoms with van der Waals surface area (Å²) in [5.41, 5.74) is 0.922. The lowest BCUT2D eigenvalue weighted by Gasteiger charge is -1.97. The first kappa shape index (κ1) is 10.0. The summed E-state index contributed by atoms with van der Waals surface area (Å²) >= 11 is 1.57. The van der Waals surface area contributed by atoms with Crippen LogP contribution in [0, 0.1) is 0 Å². The molecule has 0 amide bonds. The number of hydrogen-bond donors (Lipinski definition) is 0. The lowest BCUT2D eigenvalue weighted by molar-refractivity contribution is -0.118. The zero-order valence-corrected chi connectivity index (χ0v) is 9.25. The van der Waals surface area contributed by atoms with Crippen molar-refractivity contribution in [3.63, 3.8) is 0 Å². The van der Waals surface area contributed by atoms with E-state index in [9.17, 15) is 4.79 Å². The molecule has 0 bridgehead atoms. The second-order valence-electron chi connectivity index (χ2n) is 3.30. The van der Waals surface area contributed by atoms with Crippen molar-refractivity contribution in [1.82, 2.24) is 10.1 Å². The van der Waals surface area contributed by atoms with Crippen LogP contribution in [0.2, 0.25) is 0 Å². The van der Waals surface area contributed by atoms with Crippen LogP contribution in [0.3, 0.4) is 0 Å². The maximum absolute atomic E-state index is 11.1. The molecule has 2 aromatic rings. The Morgan fingerprint density at radius 1 is 1.60 bits per heavy atom. The van der Waals surface area contributed by atoms with E-state index in [4.69, 9.17) is 4.52 Å². The minimum atomic E-state index is -0.329. The topological polar surface area (TPSA) is 56.0 Å². The van der Waals surface area contributed by atoms with E-state index < -0.39 is 0 Å². The van der Waals surface area contributed by atoms with Gasteiger partial charge in [0.15, 0.2) is 0 Å². The summed E-state index contributed by atoms with van der Waals surface area (Å²) in [6.45, 7) is 3.27. The van der Waals surface area contributed by atoms with E-state index in [1.54, 1.807) is 18.3 Å². The van der Waals surface area contributed by atoms with Gasteiger partial charge in [-0.2, -0.15) is 16.3 Å². The number of ketones is 1. The van der Waals surface area contributed by atoms with Gasteiger partial charge in [-0.1, -0.05) is 5.16 Å². The van der Waals surface area contributed by atoms with Gasteiger partial charge in [0.2, 0.25) is 11.7 Å². The number of Topliss-reactive ketones (excluding diaryl/α,β-unsaturated/α-hetero) is 1. The number of thiophene rings is 1. The Morgan fingerprint density at radius 3 is 3.00 bits per heavy atom. The molecule has 0 N–H and O–H groups in total. The molecule has 0 saturated carbocycles. The van der Waals surface area contributed by atoms with Crippen molar-refractivity contribution in [1.29, 1.82) is 0 Å². The van der Waals surface area contributed by atoms with Crippen LogP contribution in [0.25, 0.3) is 11.4 Å². The van der Waals surface area contributed by atoms with Crippen LogP contribution in [0.1, 0.15) is 25.7 Å². The molecule has 0 fully saturated rings. The minimum absolute atomic E-state index is 0.0236. The van der Waals surface area contributed by atoms with Crippen LogP contribution >= 0.6 is 11.3 Å². The molecule has 4 nitrogen and oxygen atoms in total. The Bertz CT molecular complexity index is 461. The zero-order valence-electron chi connectivity index (χ0n) is 8.43. The number of aromatic nitrogens is 2. The van der Waals surface area contributed by atoms with Gasteiger partial charge >= 0.3 is 0 Å². The molecular weight excluding hydrogens is 212 g/mol. The van der Waals surface area contributed by atoms with Crippen molar-refractivity contribution in [2.75, 3.05) is 0 Å². The molecule has 2 rings (SSSR count). The summed E-state index contributed by atoms with van der Waals surface area (Å²) in [7, 11) is 0. The first-order valence-electron chi connectivity index (χ1n) is 4.55. The molecule has 0 aliphatic carbocycles. The molecule has 0 radical (unpaired) electrons. The largest absolute Gasteiger partial charge is 0.338 e. The van der Waals surface area contributed by atoms with Crippen LogP contribution in [0.5, 0.6) is 0 Å². The number of hydrogen-bond acceptors (Lipinski definition) is 5. The van der Waals surface area contributed by atoms with E-state index in [1.807, 2.05) is 16.8 Å². The Kier molecular flexibility index (Phi) is 2.64. The summed E-state index contributed by atoms with van der Waals surface area (Å²) in [4.78, 5) is 15.3. The predicted molar refractivity (Wildman–Crippen MR) is 56.7 cm³/mol. The molecule has 2 heterocycles. The molecule has 0 saturated heterocycles. The van der Waals surface area contributed by atoms with Crippen molar-refractivity contribution in [2.45, 2.75) is 19.8 Å². The van der Waals surface area contributed by atoms with Gasteiger partial charge in [0.1, 0.15) is 5.78 Å². The Hall–Kier alpha value is -1.49. The Balaban J connectivity index is 2.28. The highest BCUT2D eigenvalue weighted by atomic mass is 32.1. The van der Waals surface area contributed by atoms with Gasteiger partial charge < -0.3 is 4.52 Å². The van der Waals surface area contributed by atoms with Crippen LogP contribution in [0.15, 0.2) is 21.3 Å². The first-order valence-corrected chi connectivity index (χ1v) is 5.49. The van der Waals surface area contributed by atoms with E-state index >= 15 is 0 Å². The third-order valence-corrected chi connectivity index (χ3v) is 2.88. The van der Waals surface area contributed by atoms with Crippen LogP contribution < -0.4 is 0 Å². The number of rotatable bonds is 3. The fourth-order valence-electron chi connectivity index (χ4n) is 1.09. The molecule has 0 aliphatic heterocycles. The Morgan fingerprint density at radius 2 is 2.40 bits per heavy atom. The second kappa shape index (κ2) is 3.94. The van der Waals surface area contributed by atoms with Gasteiger partial charge in [0.25, 0.3) is 0 Å². The van der Waals surface area contributed by atoms with Crippen molar-refractivity contribution in [2.24, 2.45) is 0 Å². The van der Waals surface area contributed by atoms with Crippen molar-refractivity contribution >= 4 is 17.1 Å². The maximum Gasteiger partial charge on any atom is 0.237 e. The molecule has 0 aliphatic rings. The molecule has 2 aromatic heterocycles. The predicted octanol–water partition coefficient (Wildman–Crippen LogP) is 2.49. The smallest absolute Gasteiger partial charge is 0.237 e. The second-order valence-corrected chi connectivity index (χ2v) is 4.08. The third kappa shape index (κ3) is 1.97. The van der Waals surface area contributed by atoms with Gasteiger partial charge in [-0.3, -0.25) is 4.79 Å². The highest BCUT2D eigenvalue weighted by Gasteiger charge is 2.18. The fourth-order valence-corrected chi connectivity index (χ4v) is 1.73. The standard InChI is InChI=1S/C10H10N2O2S/c1-6(7(2)13)10-11-9(12-14-10)8-3-4-15-5-8/h3-6H,1-2H3. The number of carbonyl (C=O) groups is 1. The van der Waals surface area contributed by atoms with E-state index in [0.717, 1.165) is 5.56 Å². The normalized spacial score (nSPS) is 12.7. The monoisotopic (exact) mass is 222 g/mol. The summed E-state index contributed by atoms with van der Waals surface area (Å²) in [5, 5.41) is 7.71. The molecule has 1 atom stereocenters. The summed E-state index contributed by atoms with van der Waals surface area (Å²) in [6.07, 6.45) is 0. The van der Waals surface area contributed by atoms with Gasteiger partial charge in [-0.05, 0) is 25.3 Å². The lowest BCUT2D eigenvalue weighted by Crippen LogP contribution is -2.04. The fraction of sp³-hybridized carbons (Fsp3) is 0.300. The van der Waals surface area contributed by atoms with E-state index in [0.29, 0.717) is 11.7 Å². The van der Waals surface area contributed by atoms with Gasteiger partial charge in [-0.15, -0.1) is 0 Å². The summed E-state index contributed by atoms with van der Waals surface area (Å²) in [5.74, 6) is 0.614. The van der Waals surface area contributed by atoms with Gasteiger partial charge in [0, 0.05) is 10.9 Å². The van der Waals surface area contributed by atoms with Crippen molar-refractivity contribution in [3.8, 4) is 11.4 Å². The first-order chi connectivity index (χ1) is 7.18. The van der Waals surface area contributed by atoms with E-state index in [2.05, 4.69) is 10.1 Å². The summed E-state index contributed by atoms with van der Waals surface area (Å²) in [6, 6.07) is 1.91. The zero-order chi connectivity index (χ0) is 10.8. The summed E-state index contributed by atoms with van der Waals surface area (Å²) < 4.78 is 5.03.